The van der Waals surface area contributed by atoms with Crippen LogP contribution in [0.2, 0.25) is 0 Å². The Morgan fingerprint density at radius 2 is 1.46 bits per heavy atom. The Morgan fingerprint density at radius 3 is 1.96 bits per heavy atom. The fourth-order valence-corrected chi connectivity index (χ4v) is 4.10. The van der Waals surface area contributed by atoms with E-state index in [2.05, 4.69) is 58.9 Å². The van der Waals surface area contributed by atoms with Crippen molar-refractivity contribution >= 4 is 12.6 Å². The molecule has 1 heterocycles. The maximum Gasteiger partial charge on any atom is 0.494 e. The molecule has 1 aromatic carbocycles. The molecule has 1 saturated heterocycles. The van der Waals surface area contributed by atoms with E-state index >= 15 is 0 Å². The Balaban J connectivity index is 1.63. The summed E-state index contributed by atoms with van der Waals surface area (Å²) >= 11 is 0. The summed E-state index contributed by atoms with van der Waals surface area (Å²) in [6, 6.07) is 9.00. The zero-order chi connectivity index (χ0) is 17.4. The Hall–Kier alpha value is -0.795. The van der Waals surface area contributed by atoms with Gasteiger partial charge in [0.1, 0.15) is 0 Å². The van der Waals surface area contributed by atoms with E-state index in [1.807, 2.05) is 0 Å². The molecule has 0 atom stereocenters. The fraction of sp³-hybridized carbons (Fsp3) is 0.714. The summed E-state index contributed by atoms with van der Waals surface area (Å²) in [5.41, 5.74) is 2.09. The summed E-state index contributed by atoms with van der Waals surface area (Å²) < 4.78 is 12.3. The smallest absolute Gasteiger partial charge is 0.399 e. The third kappa shape index (κ3) is 3.58. The van der Waals surface area contributed by atoms with Crippen LogP contribution in [-0.4, -0.2) is 18.3 Å². The molecular weight excluding hydrogens is 295 g/mol. The van der Waals surface area contributed by atoms with E-state index in [-0.39, 0.29) is 18.3 Å². The van der Waals surface area contributed by atoms with Crippen molar-refractivity contribution in [3.8, 4) is 0 Å². The summed E-state index contributed by atoms with van der Waals surface area (Å²) in [6.07, 6.45) is 8.24. The largest absolute Gasteiger partial charge is 0.494 e. The van der Waals surface area contributed by atoms with E-state index in [4.69, 9.17) is 9.31 Å². The van der Waals surface area contributed by atoms with Gasteiger partial charge in [-0.3, -0.25) is 0 Å². The van der Waals surface area contributed by atoms with Gasteiger partial charge in [-0.1, -0.05) is 44.0 Å². The molecule has 0 N–H and O–H groups in total. The zero-order valence-corrected chi connectivity index (χ0v) is 16.1. The van der Waals surface area contributed by atoms with Crippen LogP contribution in [0.1, 0.15) is 84.6 Å². The van der Waals surface area contributed by atoms with Gasteiger partial charge in [-0.2, -0.15) is 0 Å². The van der Waals surface area contributed by atoms with Crippen molar-refractivity contribution in [1.29, 1.82) is 0 Å². The van der Waals surface area contributed by atoms with Crippen LogP contribution in [0.3, 0.4) is 0 Å². The van der Waals surface area contributed by atoms with Crippen molar-refractivity contribution in [1.82, 2.24) is 0 Å². The van der Waals surface area contributed by atoms with Crippen molar-refractivity contribution < 1.29 is 9.31 Å². The molecule has 1 aliphatic heterocycles. The number of rotatable bonds is 4. The third-order valence-corrected chi connectivity index (χ3v) is 6.48. The van der Waals surface area contributed by atoms with Gasteiger partial charge in [0.2, 0.25) is 0 Å². The quantitative estimate of drug-likeness (QED) is 0.719. The lowest BCUT2D eigenvalue weighted by molar-refractivity contribution is 0.00578. The van der Waals surface area contributed by atoms with Gasteiger partial charge >= 0.3 is 7.12 Å². The lowest BCUT2D eigenvalue weighted by atomic mass is 9.75. The highest BCUT2D eigenvalue weighted by molar-refractivity contribution is 6.62. The zero-order valence-electron chi connectivity index (χ0n) is 16.1. The van der Waals surface area contributed by atoms with Crippen molar-refractivity contribution in [2.75, 3.05) is 0 Å². The fourth-order valence-electron chi connectivity index (χ4n) is 4.10. The lowest BCUT2D eigenvalue weighted by Gasteiger charge is -2.32. The molecular formula is C21H33BO2. The molecule has 1 saturated carbocycles. The van der Waals surface area contributed by atoms with Crippen LogP contribution >= 0.6 is 0 Å². The Morgan fingerprint density at radius 1 is 0.917 bits per heavy atom. The molecule has 0 radical (unpaired) electrons. The van der Waals surface area contributed by atoms with E-state index in [1.165, 1.54) is 44.1 Å². The van der Waals surface area contributed by atoms with Crippen molar-refractivity contribution in [2.45, 2.75) is 90.3 Å². The third-order valence-electron chi connectivity index (χ3n) is 6.48. The molecule has 0 spiro atoms. The normalized spacial score (nSPS) is 29.0. The first kappa shape index (κ1) is 18.0. The predicted molar refractivity (Wildman–Crippen MR) is 102 cm³/mol. The average Bonchev–Trinajstić information content (AvgIpc) is 2.77. The number of hydrogen-bond donors (Lipinski definition) is 0. The minimum absolute atomic E-state index is 0.246. The summed E-state index contributed by atoms with van der Waals surface area (Å²) in [6.45, 7) is 10.7. The second-order valence-corrected chi connectivity index (χ2v) is 8.76. The molecule has 3 heteroatoms. The highest BCUT2D eigenvalue weighted by atomic mass is 16.7. The standard InChI is InChI=1S/C21H33BO2/c1-6-7-16-8-10-17(11-9-16)18-12-14-19(15-13-18)22-23-20(2,3)21(4,5)24-22/h12-17H,6-11H2,1-5H3. The molecule has 132 valence electrons. The Bertz CT molecular complexity index is 525. The average molecular weight is 328 g/mol. The molecule has 2 aliphatic rings. The van der Waals surface area contributed by atoms with Crippen LogP contribution in [0.5, 0.6) is 0 Å². The summed E-state index contributed by atoms with van der Waals surface area (Å²) in [5, 5.41) is 0. The van der Waals surface area contributed by atoms with Crippen molar-refractivity contribution in [3.63, 3.8) is 0 Å². The van der Waals surface area contributed by atoms with Gasteiger partial charge < -0.3 is 9.31 Å². The van der Waals surface area contributed by atoms with Gasteiger partial charge in [0.05, 0.1) is 11.2 Å². The lowest BCUT2D eigenvalue weighted by Crippen LogP contribution is -2.41. The molecule has 1 aliphatic carbocycles. The van der Waals surface area contributed by atoms with Crippen LogP contribution in [0, 0.1) is 5.92 Å². The monoisotopic (exact) mass is 328 g/mol. The molecule has 3 rings (SSSR count). The second kappa shape index (κ2) is 6.84. The topological polar surface area (TPSA) is 18.5 Å². The molecule has 1 aromatic rings. The van der Waals surface area contributed by atoms with Gasteiger partial charge in [0.15, 0.2) is 0 Å². The van der Waals surface area contributed by atoms with E-state index in [1.54, 1.807) is 0 Å². The first-order valence-corrected chi connectivity index (χ1v) is 9.78. The first-order chi connectivity index (χ1) is 11.3. The van der Waals surface area contributed by atoms with Gasteiger partial charge in [-0.25, -0.2) is 0 Å². The number of benzene rings is 1. The maximum atomic E-state index is 6.15. The van der Waals surface area contributed by atoms with E-state index in [0.29, 0.717) is 0 Å². The molecule has 0 aromatic heterocycles. The second-order valence-electron chi connectivity index (χ2n) is 8.76. The summed E-state index contributed by atoms with van der Waals surface area (Å²) in [5.74, 6) is 1.71. The molecule has 0 bridgehead atoms. The summed E-state index contributed by atoms with van der Waals surface area (Å²) in [7, 11) is -0.246. The minimum atomic E-state index is -0.270. The van der Waals surface area contributed by atoms with E-state index < -0.39 is 0 Å². The van der Waals surface area contributed by atoms with E-state index in [0.717, 1.165) is 17.3 Å². The Kier molecular flexibility index (Phi) is 5.13. The maximum absolute atomic E-state index is 6.15. The Labute approximate surface area is 148 Å². The van der Waals surface area contributed by atoms with Crippen LogP contribution in [0.15, 0.2) is 24.3 Å². The molecule has 0 amide bonds. The number of hydrogen-bond acceptors (Lipinski definition) is 2. The summed E-state index contributed by atoms with van der Waals surface area (Å²) in [4.78, 5) is 0. The minimum Gasteiger partial charge on any atom is -0.399 e. The molecule has 2 nitrogen and oxygen atoms in total. The van der Waals surface area contributed by atoms with Crippen molar-refractivity contribution in [3.05, 3.63) is 29.8 Å². The molecule has 0 unspecified atom stereocenters. The van der Waals surface area contributed by atoms with Crippen LogP contribution < -0.4 is 5.46 Å². The van der Waals surface area contributed by atoms with Crippen molar-refractivity contribution in [2.24, 2.45) is 5.92 Å². The first-order valence-electron chi connectivity index (χ1n) is 9.78. The van der Waals surface area contributed by atoms with Crippen LogP contribution in [0.4, 0.5) is 0 Å². The van der Waals surface area contributed by atoms with E-state index in [9.17, 15) is 0 Å². The molecule has 2 fully saturated rings. The van der Waals surface area contributed by atoms with Gasteiger partial charge in [-0.15, -0.1) is 0 Å². The van der Waals surface area contributed by atoms with Gasteiger partial charge in [0, 0.05) is 0 Å². The predicted octanol–water partition coefficient (Wildman–Crippen LogP) is 5.06. The van der Waals surface area contributed by atoms with Crippen LogP contribution in [0.25, 0.3) is 0 Å². The SMILES string of the molecule is CCCC1CCC(c2ccc(B3OC(C)(C)C(C)(C)O3)cc2)CC1. The van der Waals surface area contributed by atoms with Gasteiger partial charge in [0.25, 0.3) is 0 Å². The highest BCUT2D eigenvalue weighted by Crippen LogP contribution is 2.38. The highest BCUT2D eigenvalue weighted by Gasteiger charge is 2.51. The van der Waals surface area contributed by atoms with Crippen LogP contribution in [-0.2, 0) is 9.31 Å². The van der Waals surface area contributed by atoms with Gasteiger partial charge in [-0.05, 0) is 76.2 Å². The molecule has 24 heavy (non-hydrogen) atoms.